The lowest BCUT2D eigenvalue weighted by Gasteiger charge is -2.39. The maximum absolute atomic E-state index is 13.1. The summed E-state index contributed by atoms with van der Waals surface area (Å²) in [5.74, 6) is 1.94. The number of aromatic nitrogens is 3. The maximum Gasteiger partial charge on any atom is 0.274 e. The predicted octanol–water partition coefficient (Wildman–Crippen LogP) is 3.23. The lowest BCUT2D eigenvalue weighted by Crippen LogP contribution is -2.41. The third-order valence-electron chi connectivity index (χ3n) is 6.95. The standard InChI is InChI=1S/C21H28N4O2/c1-25-19-18(21(27)24-25)16(11-17(23-19)13-6-7-13)20(26)22-15-9-8-12-4-2-3-5-14(12)10-15/h11-15H,2-10H2,1H3,(H,22,26)(H,24,27)/t12-,14-,15-/m1/s1. The predicted molar refractivity (Wildman–Crippen MR) is 104 cm³/mol. The number of H-pyrrole nitrogens is 1. The van der Waals surface area contributed by atoms with Crippen molar-refractivity contribution in [2.45, 2.75) is 69.7 Å². The van der Waals surface area contributed by atoms with E-state index in [0.717, 1.165) is 43.2 Å². The van der Waals surface area contributed by atoms with E-state index in [-0.39, 0.29) is 17.5 Å². The third kappa shape index (κ3) is 3.09. The van der Waals surface area contributed by atoms with Crippen LogP contribution < -0.4 is 10.9 Å². The maximum atomic E-state index is 13.1. The van der Waals surface area contributed by atoms with Crippen molar-refractivity contribution in [3.05, 3.63) is 27.7 Å². The first-order valence-electron chi connectivity index (χ1n) is 10.5. The van der Waals surface area contributed by atoms with Gasteiger partial charge in [-0.15, -0.1) is 0 Å². The number of hydrogen-bond acceptors (Lipinski definition) is 3. The van der Waals surface area contributed by atoms with Crippen molar-refractivity contribution in [1.82, 2.24) is 20.1 Å². The molecule has 2 N–H and O–H groups in total. The summed E-state index contributed by atoms with van der Waals surface area (Å²) >= 11 is 0. The van der Waals surface area contributed by atoms with Crippen LogP contribution in [0.5, 0.6) is 0 Å². The Balaban J connectivity index is 1.42. The zero-order chi connectivity index (χ0) is 18.5. The van der Waals surface area contributed by atoms with E-state index in [0.29, 0.717) is 22.5 Å². The highest BCUT2D eigenvalue weighted by Crippen LogP contribution is 2.41. The Bertz CT molecular complexity index is 940. The number of aromatic amines is 1. The smallest absolute Gasteiger partial charge is 0.274 e. The van der Waals surface area contributed by atoms with Gasteiger partial charge in [0.15, 0.2) is 5.65 Å². The van der Waals surface area contributed by atoms with Crippen molar-refractivity contribution in [1.29, 1.82) is 0 Å². The molecule has 0 radical (unpaired) electrons. The van der Waals surface area contributed by atoms with Crippen molar-refractivity contribution >= 4 is 16.9 Å². The van der Waals surface area contributed by atoms with Gasteiger partial charge in [0.1, 0.15) is 0 Å². The van der Waals surface area contributed by atoms with Gasteiger partial charge in [-0.25, -0.2) is 4.98 Å². The highest BCUT2D eigenvalue weighted by atomic mass is 16.2. The van der Waals surface area contributed by atoms with Gasteiger partial charge < -0.3 is 5.32 Å². The van der Waals surface area contributed by atoms with Gasteiger partial charge >= 0.3 is 0 Å². The number of amides is 1. The summed E-state index contributed by atoms with van der Waals surface area (Å²) in [4.78, 5) is 30.2. The molecule has 0 aromatic carbocycles. The second-order valence-corrected chi connectivity index (χ2v) is 8.86. The highest BCUT2D eigenvalue weighted by Gasteiger charge is 2.34. The summed E-state index contributed by atoms with van der Waals surface area (Å²) in [5, 5.41) is 6.43. The second-order valence-electron chi connectivity index (χ2n) is 8.86. The van der Waals surface area contributed by atoms with Crippen LogP contribution in [0.25, 0.3) is 11.0 Å². The molecule has 5 rings (SSSR count). The lowest BCUT2D eigenvalue weighted by atomic mass is 9.69. The fourth-order valence-corrected chi connectivity index (χ4v) is 5.31. The van der Waals surface area contributed by atoms with E-state index in [1.807, 2.05) is 6.07 Å². The molecule has 3 aliphatic carbocycles. The summed E-state index contributed by atoms with van der Waals surface area (Å²) in [6, 6.07) is 2.09. The molecule has 0 bridgehead atoms. The SMILES string of the molecule is Cn1[nH]c(=O)c2c(C(=O)N[C@@H]3CC[C@H]4CCCC[C@@H]4C3)cc(C3CC3)nc21. The van der Waals surface area contributed by atoms with Gasteiger partial charge in [-0.05, 0) is 50.0 Å². The van der Waals surface area contributed by atoms with Crippen LogP contribution in [0.15, 0.2) is 10.9 Å². The molecule has 3 saturated carbocycles. The van der Waals surface area contributed by atoms with Crippen LogP contribution >= 0.6 is 0 Å². The molecule has 2 heterocycles. The van der Waals surface area contributed by atoms with Crippen molar-refractivity contribution < 1.29 is 4.79 Å². The Labute approximate surface area is 158 Å². The lowest BCUT2D eigenvalue weighted by molar-refractivity contribution is 0.0880. The van der Waals surface area contributed by atoms with Crippen LogP contribution in [0.1, 0.15) is 79.8 Å². The molecule has 2 aromatic heterocycles. The van der Waals surface area contributed by atoms with E-state index in [1.165, 1.54) is 32.1 Å². The zero-order valence-electron chi connectivity index (χ0n) is 16.0. The molecular weight excluding hydrogens is 340 g/mol. The average molecular weight is 368 g/mol. The number of aryl methyl sites for hydroxylation is 1. The molecule has 3 aliphatic rings. The topological polar surface area (TPSA) is 79.8 Å². The first-order chi connectivity index (χ1) is 13.1. The third-order valence-corrected chi connectivity index (χ3v) is 6.95. The van der Waals surface area contributed by atoms with Crippen molar-refractivity contribution in [3.63, 3.8) is 0 Å². The average Bonchev–Trinajstić information content (AvgIpc) is 3.48. The van der Waals surface area contributed by atoms with Crippen molar-refractivity contribution in [2.24, 2.45) is 18.9 Å². The van der Waals surface area contributed by atoms with Crippen LogP contribution in [0, 0.1) is 11.8 Å². The monoisotopic (exact) mass is 368 g/mol. The summed E-state index contributed by atoms with van der Waals surface area (Å²) in [6.45, 7) is 0. The molecule has 3 atom stereocenters. The molecule has 1 amide bonds. The van der Waals surface area contributed by atoms with Crippen LogP contribution in [0.3, 0.4) is 0 Å². The molecule has 3 fully saturated rings. The van der Waals surface area contributed by atoms with Crippen LogP contribution in [-0.2, 0) is 7.05 Å². The van der Waals surface area contributed by atoms with Crippen molar-refractivity contribution in [3.8, 4) is 0 Å². The second kappa shape index (κ2) is 6.50. The zero-order valence-corrected chi connectivity index (χ0v) is 16.0. The van der Waals surface area contributed by atoms with Gasteiger partial charge in [0.05, 0.1) is 10.9 Å². The van der Waals surface area contributed by atoms with E-state index in [2.05, 4.69) is 15.4 Å². The Kier molecular flexibility index (Phi) is 4.10. The van der Waals surface area contributed by atoms with E-state index < -0.39 is 0 Å². The van der Waals surface area contributed by atoms with E-state index in [9.17, 15) is 9.59 Å². The Morgan fingerprint density at radius 2 is 1.93 bits per heavy atom. The Morgan fingerprint density at radius 3 is 2.70 bits per heavy atom. The van der Waals surface area contributed by atoms with Gasteiger partial charge in [0.2, 0.25) is 0 Å². The molecule has 2 aromatic rings. The number of rotatable bonds is 3. The van der Waals surface area contributed by atoms with Gasteiger partial charge in [-0.2, -0.15) is 0 Å². The summed E-state index contributed by atoms with van der Waals surface area (Å²) in [7, 11) is 1.78. The largest absolute Gasteiger partial charge is 0.349 e. The number of nitrogens with zero attached hydrogens (tertiary/aromatic N) is 2. The first kappa shape index (κ1) is 17.0. The van der Waals surface area contributed by atoms with E-state index in [4.69, 9.17) is 0 Å². The van der Waals surface area contributed by atoms with Gasteiger partial charge in [0.25, 0.3) is 11.5 Å². The molecule has 0 spiro atoms. The normalized spacial score (nSPS) is 28.1. The summed E-state index contributed by atoms with van der Waals surface area (Å²) < 4.78 is 1.63. The molecule has 0 unspecified atom stereocenters. The number of carbonyl (C=O) groups excluding carboxylic acids is 1. The van der Waals surface area contributed by atoms with Crippen molar-refractivity contribution in [2.75, 3.05) is 0 Å². The molecule has 0 aliphatic heterocycles. The molecule has 27 heavy (non-hydrogen) atoms. The molecule has 6 heteroatoms. The fraction of sp³-hybridized carbons (Fsp3) is 0.667. The number of pyridine rings is 1. The van der Waals surface area contributed by atoms with Crippen LogP contribution in [0.2, 0.25) is 0 Å². The summed E-state index contributed by atoms with van der Waals surface area (Å²) in [6.07, 6.45) is 11.0. The van der Waals surface area contributed by atoms with E-state index in [1.54, 1.807) is 11.7 Å². The van der Waals surface area contributed by atoms with Crippen LogP contribution in [0.4, 0.5) is 0 Å². The molecule has 0 saturated heterocycles. The number of carbonyl (C=O) groups is 1. The number of nitrogens with one attached hydrogen (secondary N) is 2. The Hall–Kier alpha value is -2.11. The summed E-state index contributed by atoms with van der Waals surface area (Å²) in [5.41, 5.74) is 1.79. The number of fused-ring (bicyclic) bond motifs is 2. The molecular formula is C21H28N4O2. The number of hydrogen-bond donors (Lipinski definition) is 2. The molecule has 144 valence electrons. The van der Waals surface area contributed by atoms with E-state index >= 15 is 0 Å². The minimum absolute atomic E-state index is 0.111. The Morgan fingerprint density at radius 1 is 1.15 bits per heavy atom. The highest BCUT2D eigenvalue weighted by molar-refractivity contribution is 6.05. The van der Waals surface area contributed by atoms with Crippen LogP contribution in [-0.4, -0.2) is 26.7 Å². The fourth-order valence-electron chi connectivity index (χ4n) is 5.31. The van der Waals surface area contributed by atoms with Gasteiger partial charge in [0, 0.05) is 24.7 Å². The van der Waals surface area contributed by atoms with Gasteiger partial charge in [-0.1, -0.05) is 25.7 Å². The molecule has 6 nitrogen and oxygen atoms in total. The minimum Gasteiger partial charge on any atom is -0.349 e. The first-order valence-corrected chi connectivity index (χ1v) is 10.5. The minimum atomic E-state index is -0.233. The van der Waals surface area contributed by atoms with Gasteiger partial charge in [-0.3, -0.25) is 19.4 Å². The quantitative estimate of drug-likeness (QED) is 0.873.